The highest BCUT2D eigenvalue weighted by atomic mass is 19.4. The molecule has 1 atom stereocenters. The van der Waals surface area contributed by atoms with Crippen LogP contribution in [0.4, 0.5) is 13.2 Å². The summed E-state index contributed by atoms with van der Waals surface area (Å²) in [7, 11) is 0. The van der Waals surface area contributed by atoms with Crippen molar-refractivity contribution in [1.29, 1.82) is 0 Å². The van der Waals surface area contributed by atoms with E-state index in [1.165, 1.54) is 25.0 Å². The predicted octanol–water partition coefficient (Wildman–Crippen LogP) is 7.26. The molecule has 1 aliphatic rings. The van der Waals surface area contributed by atoms with Gasteiger partial charge in [-0.15, -0.1) is 0 Å². The first-order valence-corrected chi connectivity index (χ1v) is 11.6. The van der Waals surface area contributed by atoms with Crippen molar-refractivity contribution in [3.8, 4) is 11.1 Å². The highest BCUT2D eigenvalue weighted by Gasteiger charge is 2.31. The van der Waals surface area contributed by atoms with Crippen LogP contribution >= 0.6 is 0 Å². The van der Waals surface area contributed by atoms with Gasteiger partial charge in [0.15, 0.2) is 0 Å². The standard InChI is InChI=1S/C27H34F3NO2/c1-17(31-22-12-10-20(11-13-22)26(2,3)4)23-14-5-18(16-25(32)33)15-24(23)19-6-8-21(9-7-19)27(28,29)30/h5-9,14-15,17,20,22,31H,10-13,16H2,1-4H3,(H,32,33). The van der Waals surface area contributed by atoms with Gasteiger partial charge < -0.3 is 10.4 Å². The van der Waals surface area contributed by atoms with Crippen LogP contribution in [0.1, 0.15) is 76.1 Å². The zero-order chi connectivity index (χ0) is 24.4. The van der Waals surface area contributed by atoms with Gasteiger partial charge in [-0.25, -0.2) is 0 Å². The highest BCUT2D eigenvalue weighted by Crippen LogP contribution is 2.39. The van der Waals surface area contributed by atoms with Crippen molar-refractivity contribution in [3.05, 3.63) is 59.2 Å². The van der Waals surface area contributed by atoms with Gasteiger partial charge in [-0.3, -0.25) is 4.79 Å². The lowest BCUT2D eigenvalue weighted by Gasteiger charge is -2.38. The zero-order valence-corrected chi connectivity index (χ0v) is 19.8. The van der Waals surface area contributed by atoms with Gasteiger partial charge >= 0.3 is 12.1 Å². The van der Waals surface area contributed by atoms with Crippen LogP contribution in [0.25, 0.3) is 11.1 Å². The third-order valence-electron chi connectivity index (χ3n) is 6.90. The number of carboxylic acid groups (broad SMARTS) is 1. The number of hydrogen-bond donors (Lipinski definition) is 2. The Hall–Kier alpha value is -2.34. The molecular weight excluding hydrogens is 427 g/mol. The van der Waals surface area contributed by atoms with Crippen molar-refractivity contribution in [3.63, 3.8) is 0 Å². The quantitative estimate of drug-likeness (QED) is 0.476. The van der Waals surface area contributed by atoms with E-state index in [1.54, 1.807) is 12.1 Å². The van der Waals surface area contributed by atoms with Crippen LogP contribution in [0.5, 0.6) is 0 Å². The number of halogens is 3. The van der Waals surface area contributed by atoms with Crippen molar-refractivity contribution in [2.45, 2.75) is 78.1 Å². The van der Waals surface area contributed by atoms with E-state index in [0.29, 0.717) is 28.5 Å². The number of alkyl halides is 3. The number of aliphatic carboxylic acids is 1. The number of carboxylic acids is 1. The Morgan fingerprint density at radius 3 is 2.15 bits per heavy atom. The molecule has 0 heterocycles. The van der Waals surface area contributed by atoms with Crippen molar-refractivity contribution in [2.24, 2.45) is 11.3 Å². The monoisotopic (exact) mass is 461 g/mol. The molecular formula is C27H34F3NO2. The normalized spacial score (nSPS) is 20.5. The second kappa shape index (κ2) is 9.88. The van der Waals surface area contributed by atoms with Crippen molar-refractivity contribution < 1.29 is 23.1 Å². The Morgan fingerprint density at radius 2 is 1.64 bits per heavy atom. The lowest BCUT2D eigenvalue weighted by atomic mass is 9.71. The molecule has 2 aromatic rings. The van der Waals surface area contributed by atoms with E-state index < -0.39 is 17.7 Å². The SMILES string of the molecule is CC(NC1CCC(C(C)(C)C)CC1)c1ccc(CC(=O)O)cc1-c1ccc(C(F)(F)F)cc1. The molecule has 33 heavy (non-hydrogen) atoms. The van der Waals surface area contributed by atoms with E-state index >= 15 is 0 Å². The van der Waals surface area contributed by atoms with Gasteiger partial charge in [0.1, 0.15) is 0 Å². The van der Waals surface area contributed by atoms with Crippen LogP contribution in [-0.4, -0.2) is 17.1 Å². The average Bonchev–Trinajstić information content (AvgIpc) is 2.72. The first kappa shape index (κ1) is 25.3. The topological polar surface area (TPSA) is 49.3 Å². The highest BCUT2D eigenvalue weighted by molar-refractivity contribution is 5.74. The summed E-state index contributed by atoms with van der Waals surface area (Å²) in [6.07, 6.45) is 0.0200. The first-order chi connectivity index (χ1) is 15.3. The van der Waals surface area contributed by atoms with Crippen LogP contribution in [0.15, 0.2) is 42.5 Å². The molecule has 1 aliphatic carbocycles. The minimum Gasteiger partial charge on any atom is -0.481 e. The molecule has 1 saturated carbocycles. The molecule has 3 nitrogen and oxygen atoms in total. The number of benzene rings is 2. The van der Waals surface area contributed by atoms with Crippen LogP contribution in [-0.2, 0) is 17.4 Å². The maximum Gasteiger partial charge on any atom is 0.416 e. The molecule has 2 aromatic carbocycles. The van der Waals surface area contributed by atoms with Gasteiger partial charge in [-0.05, 0) is 78.3 Å². The van der Waals surface area contributed by atoms with Gasteiger partial charge in [-0.1, -0.05) is 51.1 Å². The molecule has 2 N–H and O–H groups in total. The van der Waals surface area contributed by atoms with Crippen molar-refractivity contribution >= 4 is 5.97 Å². The van der Waals surface area contributed by atoms with Gasteiger partial charge in [0, 0.05) is 12.1 Å². The lowest BCUT2D eigenvalue weighted by molar-refractivity contribution is -0.138. The molecule has 0 aromatic heterocycles. The summed E-state index contributed by atoms with van der Waals surface area (Å²) in [5.74, 6) is -0.230. The van der Waals surface area contributed by atoms with Gasteiger partial charge in [0.2, 0.25) is 0 Å². The average molecular weight is 462 g/mol. The van der Waals surface area contributed by atoms with E-state index in [1.807, 2.05) is 6.07 Å². The van der Waals surface area contributed by atoms with E-state index in [0.717, 1.165) is 36.1 Å². The maximum atomic E-state index is 13.0. The predicted molar refractivity (Wildman–Crippen MR) is 125 cm³/mol. The van der Waals surface area contributed by atoms with Crippen LogP contribution < -0.4 is 5.32 Å². The molecule has 180 valence electrons. The molecule has 0 spiro atoms. The molecule has 0 saturated heterocycles. The largest absolute Gasteiger partial charge is 0.481 e. The number of carbonyl (C=O) groups is 1. The molecule has 0 bridgehead atoms. The first-order valence-electron chi connectivity index (χ1n) is 11.6. The van der Waals surface area contributed by atoms with Gasteiger partial charge in [0.05, 0.1) is 12.0 Å². The molecule has 6 heteroatoms. The third-order valence-corrected chi connectivity index (χ3v) is 6.90. The van der Waals surface area contributed by atoms with Crippen LogP contribution in [0.2, 0.25) is 0 Å². The molecule has 1 fully saturated rings. The number of rotatable bonds is 6. The van der Waals surface area contributed by atoms with E-state index in [4.69, 9.17) is 0 Å². The lowest BCUT2D eigenvalue weighted by Crippen LogP contribution is -2.37. The zero-order valence-electron chi connectivity index (χ0n) is 19.8. The molecule has 0 aliphatic heterocycles. The Morgan fingerprint density at radius 1 is 1.03 bits per heavy atom. The van der Waals surface area contributed by atoms with Crippen molar-refractivity contribution in [1.82, 2.24) is 5.32 Å². The summed E-state index contributed by atoms with van der Waals surface area (Å²) >= 11 is 0. The Balaban J connectivity index is 1.84. The fraction of sp³-hybridized carbons (Fsp3) is 0.519. The number of hydrogen-bond acceptors (Lipinski definition) is 2. The fourth-order valence-corrected chi connectivity index (χ4v) is 4.92. The second-order valence-corrected chi connectivity index (χ2v) is 10.4. The van der Waals surface area contributed by atoms with Crippen LogP contribution in [0, 0.1) is 11.3 Å². The molecule has 3 rings (SSSR count). The summed E-state index contributed by atoms with van der Waals surface area (Å²) in [5.41, 5.74) is 2.62. The van der Waals surface area contributed by atoms with Crippen molar-refractivity contribution in [2.75, 3.05) is 0 Å². The Kier molecular flexibility index (Phi) is 7.57. The second-order valence-electron chi connectivity index (χ2n) is 10.4. The van der Waals surface area contributed by atoms with E-state index in [-0.39, 0.29) is 12.5 Å². The fourth-order valence-electron chi connectivity index (χ4n) is 4.92. The molecule has 0 radical (unpaired) electrons. The number of nitrogens with one attached hydrogen (secondary N) is 1. The van der Waals surface area contributed by atoms with Gasteiger partial charge in [0.25, 0.3) is 0 Å². The summed E-state index contributed by atoms with van der Waals surface area (Å²) < 4.78 is 39.1. The molecule has 0 amide bonds. The summed E-state index contributed by atoms with van der Waals surface area (Å²) in [5, 5.41) is 12.9. The van der Waals surface area contributed by atoms with E-state index in [9.17, 15) is 23.1 Å². The minimum absolute atomic E-state index is 0.0163. The summed E-state index contributed by atoms with van der Waals surface area (Å²) in [6.45, 7) is 8.95. The third kappa shape index (κ3) is 6.59. The minimum atomic E-state index is -4.40. The van der Waals surface area contributed by atoms with Crippen LogP contribution in [0.3, 0.4) is 0 Å². The Bertz CT molecular complexity index is 953. The smallest absolute Gasteiger partial charge is 0.416 e. The molecule has 1 unspecified atom stereocenters. The summed E-state index contributed by atoms with van der Waals surface area (Å²) in [4.78, 5) is 11.2. The van der Waals surface area contributed by atoms with E-state index in [2.05, 4.69) is 33.0 Å². The van der Waals surface area contributed by atoms with Gasteiger partial charge in [-0.2, -0.15) is 13.2 Å². The summed E-state index contributed by atoms with van der Waals surface area (Å²) in [6, 6.07) is 11.0. The maximum absolute atomic E-state index is 13.0. The Labute approximate surface area is 194 Å².